The van der Waals surface area contributed by atoms with Crippen LogP contribution in [0, 0.1) is 0 Å². The molecule has 1 aliphatic rings. The number of hydrogen-bond acceptors (Lipinski definition) is 2. The van der Waals surface area contributed by atoms with Crippen LogP contribution in [-0.2, 0) is 4.74 Å². The van der Waals surface area contributed by atoms with Crippen molar-refractivity contribution < 1.29 is 9.84 Å². The van der Waals surface area contributed by atoms with E-state index in [0.29, 0.717) is 5.76 Å². The molecular weight excluding hydrogens is 104 g/mol. The second-order valence-electron chi connectivity index (χ2n) is 1.55. The van der Waals surface area contributed by atoms with Crippen LogP contribution in [0.15, 0.2) is 24.2 Å². The summed E-state index contributed by atoms with van der Waals surface area (Å²) in [5.74, 6) is 0.646. The summed E-state index contributed by atoms with van der Waals surface area (Å²) in [4.78, 5) is 0. The van der Waals surface area contributed by atoms with Crippen molar-refractivity contribution in [1.82, 2.24) is 0 Å². The van der Waals surface area contributed by atoms with Gasteiger partial charge in [-0.05, 0) is 18.6 Å². The Labute approximate surface area is 48.1 Å². The maximum absolute atomic E-state index is 8.46. The van der Waals surface area contributed by atoms with Gasteiger partial charge in [-0.3, -0.25) is 0 Å². The van der Waals surface area contributed by atoms with E-state index in [1.807, 2.05) is 12.2 Å². The molecule has 2 nitrogen and oxygen atoms in total. The van der Waals surface area contributed by atoms with E-state index in [2.05, 4.69) is 0 Å². The number of aliphatic hydroxyl groups excluding tert-OH is 1. The fraction of sp³-hybridized carbons (Fsp3) is 0.333. The zero-order chi connectivity index (χ0) is 5.82. The van der Waals surface area contributed by atoms with Crippen molar-refractivity contribution in [2.75, 3.05) is 6.61 Å². The molecule has 0 saturated carbocycles. The van der Waals surface area contributed by atoms with E-state index in [9.17, 15) is 0 Å². The van der Waals surface area contributed by atoms with Gasteiger partial charge >= 0.3 is 0 Å². The maximum Gasteiger partial charge on any atom is 0.125 e. The monoisotopic (exact) mass is 112 g/mol. The van der Waals surface area contributed by atoms with Crippen LogP contribution in [0.25, 0.3) is 0 Å². The molecule has 0 aromatic heterocycles. The van der Waals surface area contributed by atoms with Gasteiger partial charge in [-0.2, -0.15) is 0 Å². The Hall–Kier alpha value is -0.760. The lowest BCUT2D eigenvalue weighted by Crippen LogP contribution is -1.94. The zero-order valence-electron chi connectivity index (χ0n) is 4.50. The molecule has 8 heavy (non-hydrogen) atoms. The normalized spacial score (nSPS) is 17.4. The van der Waals surface area contributed by atoms with Crippen molar-refractivity contribution in [3.63, 3.8) is 0 Å². The summed E-state index contributed by atoms with van der Waals surface area (Å²) in [7, 11) is 0. The van der Waals surface area contributed by atoms with Crippen LogP contribution >= 0.6 is 0 Å². The molecule has 1 aliphatic heterocycles. The van der Waals surface area contributed by atoms with Gasteiger partial charge in [-0.1, -0.05) is 0 Å². The van der Waals surface area contributed by atoms with Gasteiger partial charge in [-0.15, -0.1) is 0 Å². The maximum atomic E-state index is 8.46. The summed E-state index contributed by atoms with van der Waals surface area (Å²) >= 11 is 0. The lowest BCUT2D eigenvalue weighted by Gasteiger charge is -2.04. The van der Waals surface area contributed by atoms with Crippen LogP contribution in [0.3, 0.4) is 0 Å². The molecule has 1 rings (SSSR count). The average Bonchev–Trinajstić information content (AvgIpc) is 1.90. The van der Waals surface area contributed by atoms with Crippen molar-refractivity contribution in [2.45, 2.75) is 6.42 Å². The second-order valence-corrected chi connectivity index (χ2v) is 1.55. The SMILES string of the molecule is OCC1=CCC=CO1. The highest BCUT2D eigenvalue weighted by atomic mass is 16.5. The molecule has 1 N–H and O–H groups in total. The summed E-state index contributed by atoms with van der Waals surface area (Å²) in [5, 5.41) is 8.46. The standard InChI is InChI=1S/C6H8O2/c7-5-6-3-1-2-4-8-6/h2-4,7H,1,5H2. The molecule has 44 valence electrons. The van der Waals surface area contributed by atoms with Crippen LogP contribution in [0.5, 0.6) is 0 Å². The number of ether oxygens (including phenoxy) is 1. The fourth-order valence-electron chi connectivity index (χ4n) is 0.540. The first-order valence-corrected chi connectivity index (χ1v) is 2.55. The molecule has 0 aliphatic carbocycles. The van der Waals surface area contributed by atoms with Crippen molar-refractivity contribution in [3.05, 3.63) is 24.2 Å². The number of allylic oxidation sites excluding steroid dienone is 2. The lowest BCUT2D eigenvalue weighted by molar-refractivity contribution is 0.230. The van der Waals surface area contributed by atoms with Crippen molar-refractivity contribution in [3.8, 4) is 0 Å². The zero-order valence-corrected chi connectivity index (χ0v) is 4.50. The first-order valence-electron chi connectivity index (χ1n) is 2.55. The van der Waals surface area contributed by atoms with Crippen molar-refractivity contribution >= 4 is 0 Å². The third-order valence-corrected chi connectivity index (χ3v) is 0.953. The molecule has 0 radical (unpaired) electrons. The van der Waals surface area contributed by atoms with E-state index < -0.39 is 0 Å². The molecule has 0 aromatic rings. The van der Waals surface area contributed by atoms with E-state index in [4.69, 9.17) is 9.84 Å². The summed E-state index contributed by atoms with van der Waals surface area (Å²) in [6.45, 7) is 0.00431. The Morgan fingerprint density at radius 3 is 3.00 bits per heavy atom. The van der Waals surface area contributed by atoms with Gasteiger partial charge in [0.1, 0.15) is 12.4 Å². The van der Waals surface area contributed by atoms with Crippen LogP contribution < -0.4 is 0 Å². The first kappa shape index (κ1) is 5.38. The predicted molar refractivity (Wildman–Crippen MR) is 30.0 cm³/mol. The Bertz CT molecular complexity index is 124. The number of aliphatic hydroxyl groups is 1. The van der Waals surface area contributed by atoms with E-state index in [1.54, 1.807) is 6.26 Å². The van der Waals surface area contributed by atoms with Gasteiger partial charge in [0.2, 0.25) is 0 Å². The smallest absolute Gasteiger partial charge is 0.125 e. The van der Waals surface area contributed by atoms with Crippen LogP contribution in [0.2, 0.25) is 0 Å². The minimum absolute atomic E-state index is 0.00431. The molecule has 0 bridgehead atoms. The summed E-state index contributed by atoms with van der Waals surface area (Å²) in [5.41, 5.74) is 0. The van der Waals surface area contributed by atoms with E-state index >= 15 is 0 Å². The molecule has 1 heterocycles. The molecule has 0 unspecified atom stereocenters. The van der Waals surface area contributed by atoms with E-state index in [0.717, 1.165) is 6.42 Å². The van der Waals surface area contributed by atoms with Crippen LogP contribution in [0.1, 0.15) is 6.42 Å². The molecule has 0 spiro atoms. The third kappa shape index (κ3) is 1.10. The predicted octanol–water partition coefficient (Wildman–Crippen LogP) is 0.797. The van der Waals surface area contributed by atoms with Crippen LogP contribution in [-0.4, -0.2) is 11.7 Å². The van der Waals surface area contributed by atoms with Gasteiger partial charge in [-0.25, -0.2) is 0 Å². The second kappa shape index (κ2) is 2.52. The largest absolute Gasteiger partial charge is 0.468 e. The van der Waals surface area contributed by atoms with Crippen molar-refractivity contribution in [2.24, 2.45) is 0 Å². The highest BCUT2D eigenvalue weighted by molar-refractivity contribution is 5.03. The molecule has 0 atom stereocenters. The summed E-state index contributed by atoms with van der Waals surface area (Å²) < 4.78 is 4.86. The number of rotatable bonds is 1. The van der Waals surface area contributed by atoms with Gasteiger partial charge in [0.05, 0.1) is 6.26 Å². The van der Waals surface area contributed by atoms with Gasteiger partial charge in [0, 0.05) is 0 Å². The highest BCUT2D eigenvalue weighted by Gasteiger charge is 1.94. The Kier molecular flexibility index (Phi) is 1.70. The molecule has 0 aromatic carbocycles. The molecule has 0 fully saturated rings. The fourth-order valence-corrected chi connectivity index (χ4v) is 0.540. The van der Waals surface area contributed by atoms with E-state index in [1.165, 1.54) is 0 Å². The van der Waals surface area contributed by atoms with Gasteiger partial charge in [0.15, 0.2) is 0 Å². The van der Waals surface area contributed by atoms with Gasteiger partial charge in [0.25, 0.3) is 0 Å². The van der Waals surface area contributed by atoms with Crippen molar-refractivity contribution in [1.29, 1.82) is 0 Å². The molecule has 0 saturated heterocycles. The summed E-state index contributed by atoms with van der Waals surface area (Å²) in [6, 6.07) is 0. The molecular formula is C6H8O2. The molecule has 2 heteroatoms. The average molecular weight is 112 g/mol. The Morgan fingerprint density at radius 2 is 2.62 bits per heavy atom. The van der Waals surface area contributed by atoms with E-state index in [-0.39, 0.29) is 6.61 Å². The molecule has 0 amide bonds. The minimum Gasteiger partial charge on any atom is -0.468 e. The number of hydrogen-bond donors (Lipinski definition) is 1. The van der Waals surface area contributed by atoms with Gasteiger partial charge < -0.3 is 9.84 Å². The third-order valence-electron chi connectivity index (χ3n) is 0.953. The van der Waals surface area contributed by atoms with Crippen LogP contribution in [0.4, 0.5) is 0 Å². The summed E-state index contributed by atoms with van der Waals surface area (Å²) in [6.07, 6.45) is 6.20. The first-order chi connectivity index (χ1) is 3.93. The Morgan fingerprint density at radius 1 is 1.75 bits per heavy atom. The Balaban J connectivity index is 2.43. The lowest BCUT2D eigenvalue weighted by atomic mass is 10.3. The minimum atomic E-state index is 0.00431. The topological polar surface area (TPSA) is 29.5 Å². The quantitative estimate of drug-likeness (QED) is 0.543. The highest BCUT2D eigenvalue weighted by Crippen LogP contribution is 2.04.